The van der Waals surface area contributed by atoms with Crippen LogP contribution in [0.25, 0.3) is 10.9 Å². The topological polar surface area (TPSA) is 83.7 Å². The molecular formula is C26H25N3O4. The first-order valence-corrected chi connectivity index (χ1v) is 10.6. The largest absolute Gasteiger partial charge is 0.493 e. The summed E-state index contributed by atoms with van der Waals surface area (Å²) < 4.78 is 5.28. The number of hydroxylamine groups is 1. The number of para-hydroxylation sites is 2. The number of H-pyrrole nitrogens is 1. The molecule has 7 heteroatoms. The molecule has 2 amide bonds. The summed E-state index contributed by atoms with van der Waals surface area (Å²) in [5, 5.41) is 5.28. The first kappa shape index (κ1) is 22.0. The molecule has 4 rings (SSSR count). The number of rotatable bonds is 8. The summed E-state index contributed by atoms with van der Waals surface area (Å²) in [7, 11) is 1.53. The predicted octanol–water partition coefficient (Wildman–Crippen LogP) is 4.50. The van der Waals surface area contributed by atoms with Crippen LogP contribution in [0.5, 0.6) is 11.5 Å². The molecule has 0 saturated carbocycles. The van der Waals surface area contributed by atoms with Gasteiger partial charge in [-0.1, -0.05) is 24.3 Å². The van der Waals surface area contributed by atoms with Gasteiger partial charge in [0, 0.05) is 36.1 Å². The molecule has 168 valence electrons. The van der Waals surface area contributed by atoms with E-state index in [4.69, 9.17) is 9.57 Å². The third-order valence-corrected chi connectivity index (χ3v) is 5.27. The Hall–Kier alpha value is -4.26. The van der Waals surface area contributed by atoms with Crippen LogP contribution in [0, 0.1) is 0 Å². The Morgan fingerprint density at radius 3 is 2.42 bits per heavy atom. The van der Waals surface area contributed by atoms with Crippen LogP contribution in [-0.4, -0.2) is 30.5 Å². The Labute approximate surface area is 191 Å². The fraction of sp³-hybridized carbons (Fsp3) is 0.154. The summed E-state index contributed by atoms with van der Waals surface area (Å²) >= 11 is 0. The van der Waals surface area contributed by atoms with Gasteiger partial charge in [-0.05, 0) is 60.5 Å². The standard InChI is InChI=1S/C26H25N3O4/c1-18(30)29(33-25-9-4-3-8-24(25)32-2)21-12-10-20(11-13-21)26(31)28-16-14-19-6-5-7-23-22(19)15-17-27-23/h3-13,15,17,27H,14,16H2,1-2H3,(H,28,31). The number of nitrogens with zero attached hydrogens (tertiary/aromatic N) is 1. The molecule has 2 N–H and O–H groups in total. The lowest BCUT2D eigenvalue weighted by molar-refractivity contribution is -0.120. The van der Waals surface area contributed by atoms with Crippen molar-refractivity contribution in [3.05, 3.63) is 90.1 Å². The molecule has 0 aliphatic rings. The molecule has 0 atom stereocenters. The quantitative estimate of drug-likeness (QED) is 0.393. The van der Waals surface area contributed by atoms with Gasteiger partial charge in [-0.2, -0.15) is 0 Å². The van der Waals surface area contributed by atoms with Gasteiger partial charge in [0.15, 0.2) is 11.5 Å². The molecule has 0 bridgehead atoms. The lowest BCUT2D eigenvalue weighted by atomic mass is 10.1. The number of aromatic amines is 1. The molecule has 4 aromatic rings. The summed E-state index contributed by atoms with van der Waals surface area (Å²) in [6.07, 6.45) is 2.64. The maximum atomic E-state index is 12.6. The third-order valence-electron chi connectivity index (χ3n) is 5.27. The maximum Gasteiger partial charge on any atom is 0.256 e. The Morgan fingerprint density at radius 1 is 0.939 bits per heavy atom. The molecular weight excluding hydrogens is 418 g/mol. The minimum absolute atomic E-state index is 0.178. The number of benzene rings is 3. The van der Waals surface area contributed by atoms with Crippen LogP contribution in [0.2, 0.25) is 0 Å². The summed E-state index contributed by atoms with van der Waals surface area (Å²) in [5.74, 6) is 0.435. The van der Waals surface area contributed by atoms with E-state index in [1.165, 1.54) is 19.6 Å². The number of carbonyl (C=O) groups excluding carboxylic acids is 2. The van der Waals surface area contributed by atoms with Crippen molar-refractivity contribution < 1.29 is 19.2 Å². The second kappa shape index (κ2) is 9.91. The normalized spacial score (nSPS) is 10.6. The van der Waals surface area contributed by atoms with Gasteiger partial charge in [-0.25, -0.2) is 0 Å². The van der Waals surface area contributed by atoms with Crippen LogP contribution in [0.1, 0.15) is 22.8 Å². The van der Waals surface area contributed by atoms with Gasteiger partial charge in [0.2, 0.25) is 0 Å². The van der Waals surface area contributed by atoms with E-state index in [0.29, 0.717) is 29.3 Å². The molecule has 0 unspecified atom stereocenters. The summed E-state index contributed by atoms with van der Waals surface area (Å²) in [4.78, 5) is 33.8. The van der Waals surface area contributed by atoms with E-state index in [2.05, 4.69) is 16.4 Å². The maximum absolute atomic E-state index is 12.6. The SMILES string of the molecule is COc1ccccc1ON(C(C)=O)c1ccc(C(=O)NCCc2cccc3[nH]ccc23)cc1. The smallest absolute Gasteiger partial charge is 0.256 e. The first-order chi connectivity index (χ1) is 16.1. The molecule has 33 heavy (non-hydrogen) atoms. The van der Waals surface area contributed by atoms with Crippen LogP contribution in [0.15, 0.2) is 79.0 Å². The van der Waals surface area contributed by atoms with Gasteiger partial charge >= 0.3 is 0 Å². The second-order valence-corrected chi connectivity index (χ2v) is 7.46. The fourth-order valence-electron chi connectivity index (χ4n) is 3.62. The van der Waals surface area contributed by atoms with E-state index in [1.54, 1.807) is 42.5 Å². The number of methoxy groups -OCH3 is 1. The van der Waals surface area contributed by atoms with E-state index < -0.39 is 0 Å². The highest BCUT2D eigenvalue weighted by atomic mass is 16.7. The van der Waals surface area contributed by atoms with Crippen molar-refractivity contribution in [3.8, 4) is 11.5 Å². The van der Waals surface area contributed by atoms with E-state index in [1.807, 2.05) is 30.5 Å². The molecule has 0 radical (unpaired) electrons. The monoisotopic (exact) mass is 443 g/mol. The van der Waals surface area contributed by atoms with Crippen molar-refractivity contribution >= 4 is 28.4 Å². The van der Waals surface area contributed by atoms with Crippen LogP contribution in [-0.2, 0) is 11.2 Å². The average molecular weight is 444 g/mol. The zero-order chi connectivity index (χ0) is 23.2. The van der Waals surface area contributed by atoms with Crippen molar-refractivity contribution in [2.24, 2.45) is 0 Å². The Morgan fingerprint density at radius 2 is 1.70 bits per heavy atom. The number of aromatic nitrogens is 1. The number of hydrogen-bond donors (Lipinski definition) is 2. The molecule has 1 aromatic heterocycles. The van der Waals surface area contributed by atoms with Gasteiger partial charge in [-0.3, -0.25) is 9.59 Å². The van der Waals surface area contributed by atoms with E-state index >= 15 is 0 Å². The van der Waals surface area contributed by atoms with Gasteiger partial charge in [-0.15, -0.1) is 5.06 Å². The van der Waals surface area contributed by atoms with Crippen LogP contribution in [0.4, 0.5) is 5.69 Å². The lowest BCUT2D eigenvalue weighted by Gasteiger charge is -2.22. The minimum Gasteiger partial charge on any atom is -0.493 e. The summed E-state index contributed by atoms with van der Waals surface area (Å²) in [6, 6.07) is 21.9. The van der Waals surface area contributed by atoms with Crippen LogP contribution < -0.4 is 20.0 Å². The minimum atomic E-state index is -0.308. The number of carbonyl (C=O) groups is 2. The number of hydrogen-bond acceptors (Lipinski definition) is 4. The molecule has 3 aromatic carbocycles. The molecule has 0 aliphatic heterocycles. The van der Waals surface area contributed by atoms with E-state index in [0.717, 1.165) is 22.4 Å². The van der Waals surface area contributed by atoms with E-state index in [9.17, 15) is 9.59 Å². The summed E-state index contributed by atoms with van der Waals surface area (Å²) in [5.41, 5.74) is 3.26. The third kappa shape index (κ3) is 4.98. The molecule has 0 aliphatic carbocycles. The average Bonchev–Trinajstić information content (AvgIpc) is 3.32. The van der Waals surface area contributed by atoms with Crippen molar-refractivity contribution in [1.29, 1.82) is 0 Å². The zero-order valence-electron chi connectivity index (χ0n) is 18.5. The highest BCUT2D eigenvalue weighted by molar-refractivity contribution is 5.95. The molecule has 0 saturated heterocycles. The van der Waals surface area contributed by atoms with Gasteiger partial charge < -0.3 is 19.9 Å². The highest BCUT2D eigenvalue weighted by Crippen LogP contribution is 2.28. The number of ether oxygens (including phenoxy) is 1. The number of anilines is 1. The Bertz CT molecular complexity index is 1260. The van der Waals surface area contributed by atoms with Gasteiger partial charge in [0.05, 0.1) is 12.8 Å². The molecule has 7 nitrogen and oxygen atoms in total. The zero-order valence-corrected chi connectivity index (χ0v) is 18.5. The van der Waals surface area contributed by atoms with Crippen molar-refractivity contribution in [2.45, 2.75) is 13.3 Å². The Balaban J connectivity index is 1.40. The van der Waals surface area contributed by atoms with Crippen molar-refractivity contribution in [2.75, 3.05) is 18.7 Å². The van der Waals surface area contributed by atoms with Crippen LogP contribution in [0.3, 0.4) is 0 Å². The predicted molar refractivity (Wildman–Crippen MR) is 128 cm³/mol. The van der Waals surface area contributed by atoms with Crippen molar-refractivity contribution in [1.82, 2.24) is 10.3 Å². The number of amides is 2. The number of fused-ring (bicyclic) bond motifs is 1. The second-order valence-electron chi connectivity index (χ2n) is 7.46. The summed E-state index contributed by atoms with van der Waals surface area (Å²) in [6.45, 7) is 1.92. The highest BCUT2D eigenvalue weighted by Gasteiger charge is 2.17. The molecule has 0 spiro atoms. The first-order valence-electron chi connectivity index (χ1n) is 10.6. The Kier molecular flexibility index (Phi) is 6.59. The molecule has 1 heterocycles. The molecule has 0 fully saturated rings. The number of nitrogens with one attached hydrogen (secondary N) is 2. The van der Waals surface area contributed by atoms with Gasteiger partial charge in [0.25, 0.3) is 11.8 Å². The fourth-order valence-corrected chi connectivity index (χ4v) is 3.62. The van der Waals surface area contributed by atoms with E-state index in [-0.39, 0.29) is 11.8 Å². The van der Waals surface area contributed by atoms with Crippen LogP contribution >= 0.6 is 0 Å². The van der Waals surface area contributed by atoms with Crippen molar-refractivity contribution in [3.63, 3.8) is 0 Å². The van der Waals surface area contributed by atoms with Gasteiger partial charge in [0.1, 0.15) is 0 Å². The lowest BCUT2D eigenvalue weighted by Crippen LogP contribution is -2.32.